The third-order valence-electron chi connectivity index (χ3n) is 4.15. The van der Waals surface area contributed by atoms with Crippen molar-refractivity contribution in [1.29, 1.82) is 0 Å². The number of carbonyl (C=O) groups excluding carboxylic acids is 2. The normalized spacial score (nSPS) is 16.8. The molecule has 1 fully saturated rings. The second-order valence-electron chi connectivity index (χ2n) is 5.93. The molecule has 0 saturated heterocycles. The van der Waals surface area contributed by atoms with E-state index in [-0.39, 0.29) is 11.9 Å². The van der Waals surface area contributed by atoms with Gasteiger partial charge in [-0.1, -0.05) is 31.4 Å². The lowest BCUT2D eigenvalue weighted by Gasteiger charge is -2.24. The van der Waals surface area contributed by atoms with E-state index in [0.717, 1.165) is 31.2 Å². The van der Waals surface area contributed by atoms with E-state index in [1.165, 1.54) is 6.42 Å². The predicted molar refractivity (Wildman–Crippen MR) is 85.5 cm³/mol. The van der Waals surface area contributed by atoms with E-state index in [2.05, 4.69) is 5.32 Å². The molecule has 0 radical (unpaired) electrons. The number of esters is 1. The molecule has 0 aromatic heterocycles. The van der Waals surface area contributed by atoms with Gasteiger partial charge in [-0.3, -0.25) is 4.79 Å². The molecular weight excluding hydrogens is 280 g/mol. The van der Waals surface area contributed by atoms with Crippen LogP contribution in [0.3, 0.4) is 0 Å². The van der Waals surface area contributed by atoms with Gasteiger partial charge in [-0.25, -0.2) is 4.79 Å². The third kappa shape index (κ3) is 4.00. The number of para-hydroxylation sites is 1. The quantitative estimate of drug-likeness (QED) is 0.661. The highest BCUT2D eigenvalue weighted by molar-refractivity contribution is 5.97. The Labute approximate surface area is 131 Å². The van der Waals surface area contributed by atoms with Crippen molar-refractivity contribution in [2.75, 3.05) is 5.73 Å². The molecule has 0 spiro atoms. The van der Waals surface area contributed by atoms with E-state index in [4.69, 9.17) is 10.5 Å². The lowest BCUT2D eigenvalue weighted by molar-refractivity contribution is -0.130. The molecule has 1 aromatic rings. The van der Waals surface area contributed by atoms with Crippen LogP contribution in [0.25, 0.3) is 0 Å². The van der Waals surface area contributed by atoms with E-state index in [1.807, 2.05) is 13.0 Å². The first kappa shape index (κ1) is 16.3. The maximum atomic E-state index is 12.1. The van der Waals surface area contributed by atoms with Crippen LogP contribution in [0.5, 0.6) is 0 Å². The van der Waals surface area contributed by atoms with Crippen LogP contribution in [-0.4, -0.2) is 24.0 Å². The number of hydrogen-bond acceptors (Lipinski definition) is 4. The van der Waals surface area contributed by atoms with Gasteiger partial charge in [-0.05, 0) is 38.3 Å². The second kappa shape index (κ2) is 7.29. The summed E-state index contributed by atoms with van der Waals surface area (Å²) in [5, 5.41) is 2.95. The molecule has 2 rings (SSSR count). The van der Waals surface area contributed by atoms with Crippen molar-refractivity contribution in [3.63, 3.8) is 0 Å². The van der Waals surface area contributed by atoms with E-state index in [1.54, 1.807) is 19.1 Å². The Morgan fingerprint density at radius 1 is 1.27 bits per heavy atom. The number of rotatable bonds is 4. The lowest BCUT2D eigenvalue weighted by atomic mass is 9.95. The molecule has 3 N–H and O–H groups in total. The highest BCUT2D eigenvalue weighted by atomic mass is 16.5. The van der Waals surface area contributed by atoms with Crippen LogP contribution >= 0.6 is 0 Å². The zero-order valence-electron chi connectivity index (χ0n) is 13.2. The molecule has 0 bridgehead atoms. The maximum Gasteiger partial charge on any atom is 0.341 e. The molecule has 0 aliphatic heterocycles. The molecule has 5 heteroatoms. The van der Waals surface area contributed by atoms with Gasteiger partial charge >= 0.3 is 5.97 Å². The number of benzene rings is 1. The van der Waals surface area contributed by atoms with Crippen LogP contribution in [-0.2, 0) is 9.53 Å². The summed E-state index contributed by atoms with van der Waals surface area (Å²) >= 11 is 0. The summed E-state index contributed by atoms with van der Waals surface area (Å²) in [6.45, 7) is 3.41. The summed E-state index contributed by atoms with van der Waals surface area (Å²) in [4.78, 5) is 24.3. The minimum atomic E-state index is -0.825. The third-order valence-corrected chi connectivity index (χ3v) is 4.15. The number of carbonyl (C=O) groups is 2. The van der Waals surface area contributed by atoms with Crippen LogP contribution < -0.4 is 11.1 Å². The topological polar surface area (TPSA) is 81.4 Å². The van der Waals surface area contributed by atoms with Gasteiger partial charge in [0.15, 0.2) is 6.10 Å². The Hall–Kier alpha value is -2.04. The van der Waals surface area contributed by atoms with Gasteiger partial charge in [0.1, 0.15) is 0 Å². The molecule has 5 nitrogen and oxygen atoms in total. The summed E-state index contributed by atoms with van der Waals surface area (Å²) in [5.41, 5.74) is 7.40. The second-order valence-corrected chi connectivity index (χ2v) is 5.93. The molecule has 1 aliphatic carbocycles. The van der Waals surface area contributed by atoms with Crippen molar-refractivity contribution in [1.82, 2.24) is 5.32 Å². The summed E-state index contributed by atoms with van der Waals surface area (Å²) in [6.07, 6.45) is 4.67. The van der Waals surface area contributed by atoms with Gasteiger partial charge in [-0.2, -0.15) is 0 Å². The Balaban J connectivity index is 1.92. The van der Waals surface area contributed by atoms with Crippen LogP contribution in [0, 0.1) is 6.92 Å². The van der Waals surface area contributed by atoms with Crippen molar-refractivity contribution < 1.29 is 14.3 Å². The van der Waals surface area contributed by atoms with Gasteiger partial charge in [0.2, 0.25) is 0 Å². The summed E-state index contributed by atoms with van der Waals surface area (Å²) in [7, 11) is 0. The average Bonchev–Trinajstić information content (AvgIpc) is 2.50. The van der Waals surface area contributed by atoms with Crippen LogP contribution in [0.2, 0.25) is 0 Å². The Bertz CT molecular complexity index is 551. The highest BCUT2D eigenvalue weighted by Gasteiger charge is 2.23. The van der Waals surface area contributed by atoms with Gasteiger partial charge in [-0.15, -0.1) is 0 Å². The van der Waals surface area contributed by atoms with Gasteiger partial charge in [0.05, 0.1) is 5.56 Å². The minimum Gasteiger partial charge on any atom is -0.449 e. The van der Waals surface area contributed by atoms with E-state index >= 15 is 0 Å². The minimum absolute atomic E-state index is 0.200. The standard InChI is InChI=1S/C17H24N2O3/c1-11-7-6-10-14(15(11)18)17(21)22-12(2)16(20)19-13-8-4-3-5-9-13/h6-7,10,12-13H,3-5,8-9,18H2,1-2H3,(H,19,20). The molecule has 1 unspecified atom stereocenters. The molecule has 22 heavy (non-hydrogen) atoms. The van der Waals surface area contributed by atoms with Crippen molar-refractivity contribution in [3.05, 3.63) is 29.3 Å². The largest absolute Gasteiger partial charge is 0.449 e. The maximum absolute atomic E-state index is 12.1. The van der Waals surface area contributed by atoms with Crippen LogP contribution in [0.4, 0.5) is 5.69 Å². The molecular formula is C17H24N2O3. The molecule has 1 aliphatic rings. The Morgan fingerprint density at radius 2 is 1.95 bits per heavy atom. The summed E-state index contributed by atoms with van der Waals surface area (Å²) in [5.74, 6) is -0.807. The van der Waals surface area contributed by atoms with Crippen LogP contribution in [0.1, 0.15) is 54.9 Å². The molecule has 120 valence electrons. The van der Waals surface area contributed by atoms with Gasteiger partial charge in [0.25, 0.3) is 5.91 Å². The van der Waals surface area contributed by atoms with Gasteiger partial charge < -0.3 is 15.8 Å². The molecule has 1 atom stereocenters. The fraction of sp³-hybridized carbons (Fsp3) is 0.529. The van der Waals surface area contributed by atoms with Crippen molar-refractivity contribution in [2.24, 2.45) is 0 Å². The van der Waals surface area contributed by atoms with Gasteiger partial charge in [0, 0.05) is 11.7 Å². The predicted octanol–water partition coefficient (Wildman–Crippen LogP) is 2.57. The number of nitrogens with two attached hydrogens (primary N) is 1. The number of nitrogens with one attached hydrogen (secondary N) is 1. The van der Waals surface area contributed by atoms with Crippen molar-refractivity contribution in [3.8, 4) is 0 Å². The highest BCUT2D eigenvalue weighted by Crippen LogP contribution is 2.19. The number of aryl methyl sites for hydroxylation is 1. The summed E-state index contributed by atoms with van der Waals surface area (Å²) < 4.78 is 5.24. The first-order chi connectivity index (χ1) is 10.5. The molecule has 1 aromatic carbocycles. The SMILES string of the molecule is Cc1cccc(C(=O)OC(C)C(=O)NC2CCCCC2)c1N. The smallest absolute Gasteiger partial charge is 0.341 e. The Morgan fingerprint density at radius 3 is 2.64 bits per heavy atom. The lowest BCUT2D eigenvalue weighted by Crippen LogP contribution is -2.42. The Kier molecular flexibility index (Phi) is 5.41. The number of ether oxygens (including phenoxy) is 1. The summed E-state index contributed by atoms with van der Waals surface area (Å²) in [6, 6.07) is 5.38. The van der Waals surface area contributed by atoms with Crippen molar-refractivity contribution >= 4 is 17.6 Å². The van der Waals surface area contributed by atoms with Crippen molar-refractivity contribution in [2.45, 2.75) is 58.1 Å². The average molecular weight is 304 g/mol. The van der Waals surface area contributed by atoms with E-state index < -0.39 is 12.1 Å². The number of nitrogen functional groups attached to an aromatic ring is 1. The fourth-order valence-corrected chi connectivity index (χ4v) is 2.70. The monoisotopic (exact) mass is 304 g/mol. The number of amides is 1. The zero-order chi connectivity index (χ0) is 16.1. The fourth-order valence-electron chi connectivity index (χ4n) is 2.70. The van der Waals surface area contributed by atoms with Crippen LogP contribution in [0.15, 0.2) is 18.2 Å². The first-order valence-electron chi connectivity index (χ1n) is 7.85. The molecule has 0 heterocycles. The zero-order valence-corrected chi connectivity index (χ0v) is 13.2. The molecule has 1 amide bonds. The number of anilines is 1. The van der Waals surface area contributed by atoms with E-state index in [9.17, 15) is 9.59 Å². The number of hydrogen-bond donors (Lipinski definition) is 2. The molecule has 1 saturated carbocycles. The first-order valence-corrected chi connectivity index (χ1v) is 7.85. The van der Waals surface area contributed by atoms with E-state index in [0.29, 0.717) is 11.3 Å².